The van der Waals surface area contributed by atoms with Gasteiger partial charge in [-0.05, 0) is 25.8 Å². The molecule has 5 heteroatoms. The molecule has 1 aliphatic rings. The van der Waals surface area contributed by atoms with Crippen LogP contribution >= 0.6 is 0 Å². The van der Waals surface area contributed by atoms with Crippen molar-refractivity contribution in [2.45, 2.75) is 25.7 Å². The number of likely N-dealkylation sites (tertiary alicyclic amines) is 1. The van der Waals surface area contributed by atoms with Crippen LogP contribution in [-0.2, 0) is 7.05 Å². The number of aromatic nitrogens is 3. The van der Waals surface area contributed by atoms with Crippen molar-refractivity contribution in [2.75, 3.05) is 13.1 Å². The Labute approximate surface area is 147 Å². The van der Waals surface area contributed by atoms with Crippen LogP contribution in [0.15, 0.2) is 42.9 Å². The fraction of sp³-hybridized carbons (Fsp3) is 0.350. The molecule has 128 valence electrons. The molecule has 0 atom stereocenters. The van der Waals surface area contributed by atoms with Crippen LogP contribution in [0, 0.1) is 6.92 Å². The van der Waals surface area contributed by atoms with Crippen molar-refractivity contribution in [3.05, 3.63) is 59.8 Å². The highest BCUT2D eigenvalue weighted by Gasteiger charge is 2.28. The molecule has 0 saturated carbocycles. The van der Waals surface area contributed by atoms with Gasteiger partial charge in [-0.3, -0.25) is 14.8 Å². The van der Waals surface area contributed by atoms with Crippen LogP contribution in [0.5, 0.6) is 0 Å². The number of nitrogens with zero attached hydrogens (tertiary/aromatic N) is 4. The van der Waals surface area contributed by atoms with Crippen LogP contribution in [0.4, 0.5) is 0 Å². The molecule has 1 fully saturated rings. The second-order valence-corrected chi connectivity index (χ2v) is 6.73. The smallest absolute Gasteiger partial charge is 0.256 e. The minimum Gasteiger partial charge on any atom is -0.347 e. The number of piperidine rings is 1. The van der Waals surface area contributed by atoms with Crippen molar-refractivity contribution in [1.29, 1.82) is 0 Å². The lowest BCUT2D eigenvalue weighted by Crippen LogP contribution is -2.38. The van der Waals surface area contributed by atoms with Crippen molar-refractivity contribution < 1.29 is 4.79 Å². The molecule has 1 aliphatic heterocycles. The first-order valence-electron chi connectivity index (χ1n) is 8.76. The highest BCUT2D eigenvalue weighted by molar-refractivity contribution is 6.08. The summed E-state index contributed by atoms with van der Waals surface area (Å²) in [6.07, 6.45) is 7.16. The summed E-state index contributed by atoms with van der Waals surface area (Å²) in [5.41, 5.74) is 4.02. The first-order valence-corrected chi connectivity index (χ1v) is 8.76. The van der Waals surface area contributed by atoms with E-state index < -0.39 is 0 Å². The van der Waals surface area contributed by atoms with Crippen molar-refractivity contribution >= 4 is 16.8 Å². The maximum Gasteiger partial charge on any atom is 0.256 e. The summed E-state index contributed by atoms with van der Waals surface area (Å²) in [7, 11) is 2.02. The first kappa shape index (κ1) is 15.8. The van der Waals surface area contributed by atoms with E-state index in [-0.39, 0.29) is 5.91 Å². The lowest BCUT2D eigenvalue weighted by Gasteiger charge is -2.31. The Hall–Kier alpha value is -2.69. The number of hydrogen-bond donors (Lipinski definition) is 0. The van der Waals surface area contributed by atoms with E-state index in [2.05, 4.69) is 20.6 Å². The summed E-state index contributed by atoms with van der Waals surface area (Å²) in [5.74, 6) is 0.540. The van der Waals surface area contributed by atoms with Crippen LogP contribution in [0.25, 0.3) is 10.9 Å². The van der Waals surface area contributed by atoms with Gasteiger partial charge in [0.1, 0.15) is 0 Å². The molecule has 0 aliphatic carbocycles. The maximum absolute atomic E-state index is 13.2. The monoisotopic (exact) mass is 334 g/mol. The summed E-state index contributed by atoms with van der Waals surface area (Å²) >= 11 is 0. The Morgan fingerprint density at radius 3 is 2.64 bits per heavy atom. The summed E-state index contributed by atoms with van der Waals surface area (Å²) in [6.45, 7) is 3.56. The molecule has 0 spiro atoms. The molecule has 5 nitrogen and oxygen atoms in total. The van der Waals surface area contributed by atoms with E-state index in [4.69, 9.17) is 0 Å². The van der Waals surface area contributed by atoms with Gasteiger partial charge in [0, 0.05) is 61.2 Å². The Morgan fingerprint density at radius 1 is 1.16 bits per heavy atom. The summed E-state index contributed by atoms with van der Waals surface area (Å²) in [4.78, 5) is 23.7. The number of carbonyl (C=O) groups is 1. The molecule has 1 amide bonds. The van der Waals surface area contributed by atoms with Crippen molar-refractivity contribution in [1.82, 2.24) is 19.4 Å². The van der Waals surface area contributed by atoms with E-state index in [9.17, 15) is 4.79 Å². The predicted octanol–water partition coefficient (Wildman–Crippen LogP) is 3.30. The second kappa shape index (κ2) is 6.31. The van der Waals surface area contributed by atoms with Crippen molar-refractivity contribution in [3.8, 4) is 0 Å². The molecule has 25 heavy (non-hydrogen) atoms. The molecule has 0 bridgehead atoms. The minimum atomic E-state index is 0.145. The minimum absolute atomic E-state index is 0.145. The number of para-hydroxylation sites is 1. The molecule has 0 radical (unpaired) electrons. The number of aryl methyl sites for hydroxylation is 1. The van der Waals surface area contributed by atoms with Crippen LogP contribution < -0.4 is 0 Å². The molecule has 1 saturated heterocycles. The predicted molar refractivity (Wildman–Crippen MR) is 97.6 cm³/mol. The van der Waals surface area contributed by atoms with Gasteiger partial charge in [0.05, 0.1) is 11.3 Å². The van der Waals surface area contributed by atoms with Gasteiger partial charge in [-0.15, -0.1) is 0 Å². The normalized spacial score (nSPS) is 15.7. The number of hydrogen-bond acceptors (Lipinski definition) is 3. The molecule has 0 N–H and O–H groups in total. The molecule has 2 aromatic heterocycles. The fourth-order valence-corrected chi connectivity index (χ4v) is 3.85. The standard InChI is InChI=1S/C20H22N4O/c1-14-19(16-5-3-4-6-18(16)23(14)2)20(25)24-11-7-15(8-12-24)17-13-21-9-10-22-17/h3-6,9-10,13,15H,7-8,11-12H2,1-2H3. The third-order valence-corrected chi connectivity index (χ3v) is 5.40. The zero-order valence-electron chi connectivity index (χ0n) is 14.6. The molecule has 1 aromatic carbocycles. The van der Waals surface area contributed by atoms with Crippen LogP contribution in [0.2, 0.25) is 0 Å². The summed E-state index contributed by atoms with van der Waals surface area (Å²) in [5, 5.41) is 1.04. The Balaban J connectivity index is 1.56. The largest absolute Gasteiger partial charge is 0.347 e. The van der Waals surface area contributed by atoms with Gasteiger partial charge in [0.25, 0.3) is 5.91 Å². The van der Waals surface area contributed by atoms with E-state index in [0.717, 1.165) is 53.8 Å². The van der Waals surface area contributed by atoms with Crippen molar-refractivity contribution in [2.24, 2.45) is 7.05 Å². The molecule has 3 heterocycles. The van der Waals surface area contributed by atoms with Crippen LogP contribution in [-0.4, -0.2) is 38.4 Å². The highest BCUT2D eigenvalue weighted by atomic mass is 16.2. The molecular weight excluding hydrogens is 312 g/mol. The first-order chi connectivity index (χ1) is 12.2. The quantitative estimate of drug-likeness (QED) is 0.722. The molecular formula is C20H22N4O. The van der Waals surface area contributed by atoms with Gasteiger partial charge in [-0.2, -0.15) is 0 Å². The summed E-state index contributed by atoms with van der Waals surface area (Å²) in [6, 6.07) is 8.13. The highest BCUT2D eigenvalue weighted by Crippen LogP contribution is 2.30. The topological polar surface area (TPSA) is 51.0 Å². The van der Waals surface area contributed by atoms with Gasteiger partial charge in [0.15, 0.2) is 0 Å². The number of fused-ring (bicyclic) bond motifs is 1. The fourth-order valence-electron chi connectivity index (χ4n) is 3.85. The van der Waals surface area contributed by atoms with E-state index >= 15 is 0 Å². The zero-order chi connectivity index (χ0) is 17.4. The lowest BCUT2D eigenvalue weighted by molar-refractivity contribution is 0.0713. The lowest BCUT2D eigenvalue weighted by atomic mass is 9.93. The summed E-state index contributed by atoms with van der Waals surface area (Å²) < 4.78 is 2.11. The van der Waals surface area contributed by atoms with Gasteiger partial charge >= 0.3 is 0 Å². The Morgan fingerprint density at radius 2 is 1.92 bits per heavy atom. The Kier molecular flexibility index (Phi) is 3.99. The van der Waals surface area contributed by atoms with Crippen molar-refractivity contribution in [3.63, 3.8) is 0 Å². The van der Waals surface area contributed by atoms with Gasteiger partial charge in [0.2, 0.25) is 0 Å². The Bertz CT molecular complexity index is 908. The maximum atomic E-state index is 13.2. The van der Waals surface area contributed by atoms with Gasteiger partial charge in [-0.25, -0.2) is 0 Å². The van der Waals surface area contributed by atoms with E-state index in [1.165, 1.54) is 0 Å². The SMILES string of the molecule is Cc1c(C(=O)N2CCC(c3cnccn3)CC2)c2ccccc2n1C. The van der Waals surface area contributed by atoms with Crippen LogP contribution in [0.3, 0.4) is 0 Å². The van der Waals surface area contributed by atoms with Gasteiger partial charge < -0.3 is 9.47 Å². The van der Waals surface area contributed by atoms with E-state index in [1.807, 2.05) is 43.3 Å². The molecule has 0 unspecified atom stereocenters. The van der Waals surface area contributed by atoms with E-state index in [0.29, 0.717) is 5.92 Å². The number of carbonyl (C=O) groups excluding carboxylic acids is 1. The van der Waals surface area contributed by atoms with Crippen LogP contribution in [0.1, 0.15) is 40.5 Å². The van der Waals surface area contributed by atoms with Gasteiger partial charge in [-0.1, -0.05) is 18.2 Å². The zero-order valence-corrected chi connectivity index (χ0v) is 14.6. The number of amides is 1. The molecule has 3 aromatic rings. The second-order valence-electron chi connectivity index (χ2n) is 6.73. The third-order valence-electron chi connectivity index (χ3n) is 5.40. The average Bonchev–Trinajstić information content (AvgIpc) is 2.93. The molecule has 4 rings (SSSR count). The number of rotatable bonds is 2. The van der Waals surface area contributed by atoms with E-state index in [1.54, 1.807) is 12.4 Å². The average molecular weight is 334 g/mol. The number of benzene rings is 1. The third kappa shape index (κ3) is 2.69.